The second-order valence-corrected chi connectivity index (χ2v) is 9.20. The highest BCUT2D eigenvalue weighted by molar-refractivity contribution is 8.18. The van der Waals surface area contributed by atoms with Gasteiger partial charge in [0, 0.05) is 23.3 Å². The molecule has 2 aromatic heterocycles. The van der Waals surface area contributed by atoms with E-state index >= 15 is 0 Å². The van der Waals surface area contributed by atoms with Gasteiger partial charge in [0.15, 0.2) is 5.78 Å². The highest BCUT2D eigenvalue weighted by Crippen LogP contribution is 2.32. The summed E-state index contributed by atoms with van der Waals surface area (Å²) >= 11 is 2.02. The summed E-state index contributed by atoms with van der Waals surface area (Å²) in [6, 6.07) is 7.87. The third-order valence-electron chi connectivity index (χ3n) is 4.76. The zero-order valence-electron chi connectivity index (χ0n) is 17.0. The number of oxazole rings is 1. The average molecular weight is 493 g/mol. The Morgan fingerprint density at radius 2 is 1.88 bits per heavy atom. The Labute approximate surface area is 193 Å². The first kappa shape index (κ1) is 23.0. The molecule has 0 bridgehead atoms. The van der Waals surface area contributed by atoms with Crippen molar-refractivity contribution in [2.75, 3.05) is 0 Å². The molecule has 33 heavy (non-hydrogen) atoms. The number of thioether (sulfide) groups is 1. The van der Waals surface area contributed by atoms with Crippen molar-refractivity contribution in [2.45, 2.75) is 25.9 Å². The number of benzene rings is 1. The molecule has 1 aliphatic rings. The maximum absolute atomic E-state index is 12.7. The molecular weight excluding hydrogens is 477 g/mol. The Bertz CT molecular complexity index is 1270. The number of nitrogens with zero attached hydrogens (tertiary/aromatic N) is 1. The van der Waals surface area contributed by atoms with Gasteiger partial charge in [0.25, 0.3) is 11.1 Å². The van der Waals surface area contributed by atoms with Crippen molar-refractivity contribution in [2.24, 2.45) is 0 Å². The monoisotopic (exact) mass is 492 g/mol. The highest BCUT2D eigenvalue weighted by atomic mass is 32.2. The fourth-order valence-electron chi connectivity index (χ4n) is 3.07. The SMILES string of the molecule is Cc1oc(-c2ccc(C(F)(F)F)cc2)nc1CCC(=O)c1ccc(/C=C2/SC(=O)NC2=O)s1. The lowest BCUT2D eigenvalue weighted by molar-refractivity contribution is -0.137. The summed E-state index contributed by atoms with van der Waals surface area (Å²) in [6.45, 7) is 1.68. The minimum atomic E-state index is -4.42. The van der Waals surface area contributed by atoms with E-state index < -0.39 is 22.9 Å². The van der Waals surface area contributed by atoms with Gasteiger partial charge in [-0.2, -0.15) is 13.2 Å². The van der Waals surface area contributed by atoms with Crippen LogP contribution < -0.4 is 5.32 Å². The number of nitrogens with one attached hydrogen (secondary N) is 1. The second kappa shape index (κ2) is 8.99. The van der Waals surface area contributed by atoms with Gasteiger partial charge in [0.2, 0.25) is 5.89 Å². The van der Waals surface area contributed by atoms with Gasteiger partial charge in [-0.05, 0) is 61.2 Å². The van der Waals surface area contributed by atoms with Crippen LogP contribution in [0.5, 0.6) is 0 Å². The van der Waals surface area contributed by atoms with Crippen LogP contribution in [0.3, 0.4) is 0 Å². The van der Waals surface area contributed by atoms with Crippen molar-refractivity contribution in [1.82, 2.24) is 10.3 Å². The second-order valence-electron chi connectivity index (χ2n) is 7.07. The lowest BCUT2D eigenvalue weighted by Gasteiger charge is -2.06. The number of carbonyl (C=O) groups is 3. The fraction of sp³-hybridized carbons (Fsp3) is 0.182. The van der Waals surface area contributed by atoms with E-state index in [0.29, 0.717) is 33.2 Å². The van der Waals surface area contributed by atoms with E-state index in [1.807, 2.05) is 0 Å². The largest absolute Gasteiger partial charge is 0.441 e. The highest BCUT2D eigenvalue weighted by Gasteiger charge is 2.30. The average Bonchev–Trinajstić information content (AvgIpc) is 3.45. The predicted molar refractivity (Wildman–Crippen MR) is 118 cm³/mol. The number of alkyl halides is 3. The normalized spacial score (nSPS) is 15.3. The van der Waals surface area contributed by atoms with Crippen LogP contribution in [0, 0.1) is 6.92 Å². The molecule has 11 heteroatoms. The van der Waals surface area contributed by atoms with E-state index in [4.69, 9.17) is 4.42 Å². The minimum Gasteiger partial charge on any atom is -0.441 e. The van der Waals surface area contributed by atoms with Crippen LogP contribution in [0.1, 0.15) is 38.0 Å². The number of ketones is 1. The van der Waals surface area contributed by atoms with Crippen LogP contribution in [-0.4, -0.2) is 21.9 Å². The van der Waals surface area contributed by atoms with Crippen molar-refractivity contribution in [3.05, 3.63) is 68.1 Å². The van der Waals surface area contributed by atoms with Crippen molar-refractivity contribution in [1.29, 1.82) is 0 Å². The number of thiophene rings is 1. The maximum Gasteiger partial charge on any atom is 0.416 e. The number of halogens is 3. The number of imide groups is 1. The van der Waals surface area contributed by atoms with E-state index in [1.54, 1.807) is 25.1 Å². The molecule has 4 rings (SSSR count). The van der Waals surface area contributed by atoms with E-state index in [1.165, 1.54) is 23.5 Å². The molecule has 1 fully saturated rings. The number of aryl methyl sites for hydroxylation is 2. The van der Waals surface area contributed by atoms with E-state index in [2.05, 4.69) is 10.3 Å². The molecule has 0 unspecified atom stereocenters. The molecule has 170 valence electrons. The number of aromatic nitrogens is 1. The molecule has 0 aliphatic carbocycles. The number of Topliss-reactive ketones (excluding diaryl/α,β-unsaturated/α-hetero) is 1. The van der Waals surface area contributed by atoms with E-state index in [0.717, 1.165) is 23.9 Å². The Balaban J connectivity index is 1.41. The van der Waals surface area contributed by atoms with Crippen molar-refractivity contribution < 1.29 is 32.0 Å². The molecule has 1 aliphatic heterocycles. The Kier molecular flexibility index (Phi) is 6.26. The van der Waals surface area contributed by atoms with Crippen LogP contribution in [0.25, 0.3) is 17.5 Å². The van der Waals surface area contributed by atoms with Gasteiger partial charge in [-0.25, -0.2) is 4.98 Å². The maximum atomic E-state index is 12.7. The summed E-state index contributed by atoms with van der Waals surface area (Å²) in [5, 5.41) is 1.74. The molecule has 0 spiro atoms. The number of hydrogen-bond donors (Lipinski definition) is 1. The lowest BCUT2D eigenvalue weighted by Crippen LogP contribution is -2.17. The van der Waals surface area contributed by atoms with Crippen molar-refractivity contribution in [3.63, 3.8) is 0 Å². The van der Waals surface area contributed by atoms with Crippen LogP contribution >= 0.6 is 23.1 Å². The molecule has 0 atom stereocenters. The summed E-state index contributed by atoms with van der Waals surface area (Å²) in [5.74, 6) is 0.0956. The first-order valence-corrected chi connectivity index (χ1v) is 11.3. The van der Waals surface area contributed by atoms with Gasteiger partial charge in [-0.1, -0.05) is 0 Å². The quantitative estimate of drug-likeness (QED) is 0.342. The molecule has 1 N–H and O–H groups in total. The molecule has 1 saturated heterocycles. The van der Waals surface area contributed by atoms with Crippen molar-refractivity contribution >= 4 is 46.1 Å². The van der Waals surface area contributed by atoms with Crippen LogP contribution in [-0.2, 0) is 17.4 Å². The summed E-state index contributed by atoms with van der Waals surface area (Å²) in [6.07, 6.45) is -2.40. The van der Waals surface area contributed by atoms with Gasteiger partial charge in [-0.3, -0.25) is 19.7 Å². The first-order valence-electron chi connectivity index (χ1n) is 9.62. The number of rotatable bonds is 6. The van der Waals surface area contributed by atoms with Gasteiger partial charge in [-0.15, -0.1) is 11.3 Å². The van der Waals surface area contributed by atoms with Crippen molar-refractivity contribution in [3.8, 4) is 11.5 Å². The summed E-state index contributed by atoms with van der Waals surface area (Å²) in [4.78, 5) is 41.3. The zero-order valence-corrected chi connectivity index (χ0v) is 18.6. The Morgan fingerprint density at radius 1 is 1.15 bits per heavy atom. The minimum absolute atomic E-state index is 0.122. The zero-order chi connectivity index (χ0) is 23.8. The smallest absolute Gasteiger partial charge is 0.416 e. The van der Waals surface area contributed by atoms with E-state index in [9.17, 15) is 27.6 Å². The number of amides is 2. The summed E-state index contributed by atoms with van der Waals surface area (Å²) < 4.78 is 43.8. The third kappa shape index (κ3) is 5.25. The molecule has 0 radical (unpaired) electrons. The fourth-order valence-corrected chi connectivity index (χ4v) is 4.74. The number of hydrogen-bond acceptors (Lipinski definition) is 7. The summed E-state index contributed by atoms with van der Waals surface area (Å²) in [5.41, 5.74) is 0.201. The lowest BCUT2D eigenvalue weighted by atomic mass is 10.1. The predicted octanol–water partition coefficient (Wildman–Crippen LogP) is 5.87. The third-order valence-corrected chi connectivity index (χ3v) is 6.64. The first-order chi connectivity index (χ1) is 15.6. The standard InChI is InChI=1S/C22H15F3N2O4S2/c1-11-15(26-20(31-11)12-2-4-13(5-3-12)22(23,24)25)7-8-16(28)17-9-6-14(32-17)10-18-19(29)27-21(30)33-18/h2-6,9-10H,7-8H2,1H3,(H,27,29,30)/b18-10+. The molecular formula is C22H15F3N2O4S2. The molecule has 0 saturated carbocycles. The Morgan fingerprint density at radius 3 is 2.52 bits per heavy atom. The van der Waals surface area contributed by atoms with Gasteiger partial charge in [0.05, 0.1) is 21.0 Å². The van der Waals surface area contributed by atoms with Crippen LogP contribution in [0.2, 0.25) is 0 Å². The summed E-state index contributed by atoms with van der Waals surface area (Å²) in [7, 11) is 0. The molecule has 3 aromatic rings. The Hall–Kier alpha value is -3.18. The van der Waals surface area contributed by atoms with Gasteiger partial charge in [0.1, 0.15) is 5.76 Å². The van der Waals surface area contributed by atoms with Gasteiger partial charge < -0.3 is 4.42 Å². The van der Waals surface area contributed by atoms with Crippen LogP contribution in [0.15, 0.2) is 45.7 Å². The molecule has 6 nitrogen and oxygen atoms in total. The molecule has 3 heterocycles. The number of carbonyl (C=O) groups excluding carboxylic acids is 3. The molecule has 1 aromatic carbocycles. The topological polar surface area (TPSA) is 89.3 Å². The van der Waals surface area contributed by atoms with E-state index in [-0.39, 0.29) is 23.0 Å². The van der Waals surface area contributed by atoms with Gasteiger partial charge >= 0.3 is 6.18 Å². The molecule has 2 amide bonds. The van der Waals surface area contributed by atoms with Crippen LogP contribution in [0.4, 0.5) is 18.0 Å².